The molecule has 0 aliphatic heterocycles. The van der Waals surface area contributed by atoms with Crippen molar-refractivity contribution in [2.24, 2.45) is 12.8 Å². The SMILES string of the molecule is Cn1cnc(Cl)c1C(C)(N)C(F)F. The molecule has 1 aromatic heterocycles. The first-order valence-corrected chi connectivity index (χ1v) is 3.99. The molecule has 1 heterocycles. The van der Waals surface area contributed by atoms with E-state index in [-0.39, 0.29) is 10.8 Å². The molecule has 0 aliphatic carbocycles. The number of aryl methyl sites for hydroxylation is 1. The standard InChI is InChI=1S/C7H10ClF2N3/c1-7(11,6(9)10)4-5(8)12-3-13(4)2/h3,6H,11H2,1-2H3. The quantitative estimate of drug-likeness (QED) is 0.803. The van der Waals surface area contributed by atoms with E-state index in [0.29, 0.717) is 0 Å². The molecule has 1 rings (SSSR count). The van der Waals surface area contributed by atoms with E-state index < -0.39 is 12.0 Å². The molecule has 1 aromatic rings. The smallest absolute Gasteiger partial charge is 0.261 e. The van der Waals surface area contributed by atoms with Crippen molar-refractivity contribution < 1.29 is 8.78 Å². The van der Waals surface area contributed by atoms with Crippen molar-refractivity contribution in [1.29, 1.82) is 0 Å². The summed E-state index contributed by atoms with van der Waals surface area (Å²) in [5.41, 5.74) is 3.81. The Morgan fingerprint density at radius 3 is 2.54 bits per heavy atom. The van der Waals surface area contributed by atoms with Crippen molar-refractivity contribution >= 4 is 11.6 Å². The predicted molar refractivity (Wildman–Crippen MR) is 45.8 cm³/mol. The summed E-state index contributed by atoms with van der Waals surface area (Å²) >= 11 is 5.63. The summed E-state index contributed by atoms with van der Waals surface area (Å²) < 4.78 is 26.4. The molecule has 0 saturated heterocycles. The summed E-state index contributed by atoms with van der Waals surface area (Å²) in [4.78, 5) is 3.68. The lowest BCUT2D eigenvalue weighted by atomic mass is 10.0. The highest BCUT2D eigenvalue weighted by atomic mass is 35.5. The zero-order valence-electron chi connectivity index (χ0n) is 7.26. The van der Waals surface area contributed by atoms with Crippen molar-refractivity contribution in [3.8, 4) is 0 Å². The summed E-state index contributed by atoms with van der Waals surface area (Å²) in [5, 5.41) is 0.0211. The molecule has 1 unspecified atom stereocenters. The van der Waals surface area contributed by atoms with Crippen LogP contribution in [-0.4, -0.2) is 16.0 Å². The Kier molecular flexibility index (Phi) is 2.58. The maximum Gasteiger partial charge on any atom is 0.261 e. The molecule has 13 heavy (non-hydrogen) atoms. The first kappa shape index (κ1) is 10.4. The number of imidazole rings is 1. The second kappa shape index (κ2) is 3.23. The molecule has 2 N–H and O–H groups in total. The van der Waals surface area contributed by atoms with Crippen LogP contribution in [0.25, 0.3) is 0 Å². The Morgan fingerprint density at radius 2 is 2.23 bits per heavy atom. The summed E-state index contributed by atoms with van der Waals surface area (Å²) in [7, 11) is 1.57. The van der Waals surface area contributed by atoms with Gasteiger partial charge >= 0.3 is 0 Å². The van der Waals surface area contributed by atoms with E-state index in [0.717, 1.165) is 0 Å². The predicted octanol–water partition coefficient (Wildman–Crippen LogP) is 1.51. The zero-order chi connectivity index (χ0) is 10.2. The maximum atomic E-state index is 12.5. The summed E-state index contributed by atoms with van der Waals surface area (Å²) in [5.74, 6) is 0. The van der Waals surface area contributed by atoms with E-state index >= 15 is 0 Å². The molecule has 0 amide bonds. The van der Waals surface area contributed by atoms with Gasteiger partial charge in [0.05, 0.1) is 12.0 Å². The molecule has 0 bridgehead atoms. The Bertz CT molecular complexity index is 289. The number of aromatic nitrogens is 2. The number of rotatable bonds is 2. The van der Waals surface area contributed by atoms with Crippen molar-refractivity contribution in [3.05, 3.63) is 17.2 Å². The number of alkyl halides is 2. The molecule has 1 atom stereocenters. The van der Waals surface area contributed by atoms with Crippen LogP contribution >= 0.6 is 11.6 Å². The van der Waals surface area contributed by atoms with Gasteiger partial charge in [-0.25, -0.2) is 13.8 Å². The average Bonchev–Trinajstić information content (AvgIpc) is 2.30. The van der Waals surface area contributed by atoms with Gasteiger partial charge in [-0.15, -0.1) is 0 Å². The molecular formula is C7H10ClF2N3. The average molecular weight is 210 g/mol. The highest BCUT2D eigenvalue weighted by Crippen LogP contribution is 2.29. The largest absolute Gasteiger partial charge is 0.335 e. The van der Waals surface area contributed by atoms with Crippen LogP contribution < -0.4 is 5.73 Å². The second-order valence-corrected chi connectivity index (χ2v) is 3.44. The Hall–Kier alpha value is -0.680. The number of hydrogen-bond acceptors (Lipinski definition) is 2. The van der Waals surface area contributed by atoms with Crippen molar-refractivity contribution in [2.75, 3.05) is 0 Å². The van der Waals surface area contributed by atoms with Gasteiger partial charge in [0.15, 0.2) is 5.15 Å². The van der Waals surface area contributed by atoms with Crippen LogP contribution in [0.5, 0.6) is 0 Å². The van der Waals surface area contributed by atoms with Crippen molar-refractivity contribution in [3.63, 3.8) is 0 Å². The summed E-state index contributed by atoms with van der Waals surface area (Å²) in [6, 6.07) is 0. The number of hydrogen-bond donors (Lipinski definition) is 1. The molecular weight excluding hydrogens is 200 g/mol. The van der Waals surface area contributed by atoms with Gasteiger partial charge in [-0.1, -0.05) is 11.6 Å². The van der Waals surface area contributed by atoms with Crippen LogP contribution in [0.2, 0.25) is 5.15 Å². The Morgan fingerprint density at radius 1 is 1.69 bits per heavy atom. The minimum absolute atomic E-state index is 0.0211. The highest BCUT2D eigenvalue weighted by Gasteiger charge is 2.37. The van der Waals surface area contributed by atoms with E-state index in [1.54, 1.807) is 7.05 Å². The highest BCUT2D eigenvalue weighted by molar-refractivity contribution is 6.30. The van der Waals surface area contributed by atoms with Gasteiger partial charge < -0.3 is 10.3 Å². The molecule has 0 saturated carbocycles. The first-order chi connectivity index (χ1) is 5.87. The molecule has 0 aliphatic rings. The lowest BCUT2D eigenvalue weighted by Gasteiger charge is -2.24. The summed E-state index contributed by atoms with van der Waals surface area (Å²) in [6.07, 6.45) is -1.33. The fourth-order valence-corrected chi connectivity index (χ4v) is 1.49. The molecule has 6 heteroatoms. The van der Waals surface area contributed by atoms with Gasteiger partial charge in [0, 0.05) is 7.05 Å². The fourth-order valence-electron chi connectivity index (χ4n) is 1.11. The van der Waals surface area contributed by atoms with Crippen molar-refractivity contribution in [2.45, 2.75) is 18.9 Å². The topological polar surface area (TPSA) is 43.8 Å². The second-order valence-electron chi connectivity index (χ2n) is 3.08. The van der Waals surface area contributed by atoms with E-state index in [1.807, 2.05) is 0 Å². The van der Waals surface area contributed by atoms with Gasteiger partial charge in [0.2, 0.25) is 0 Å². The molecule has 74 valence electrons. The van der Waals surface area contributed by atoms with Crippen LogP contribution in [0.3, 0.4) is 0 Å². The van der Waals surface area contributed by atoms with Gasteiger partial charge in [-0.3, -0.25) is 0 Å². The fraction of sp³-hybridized carbons (Fsp3) is 0.571. The maximum absolute atomic E-state index is 12.5. The van der Waals surface area contributed by atoms with E-state index in [9.17, 15) is 8.78 Å². The minimum atomic E-state index is -2.68. The van der Waals surface area contributed by atoms with E-state index in [1.165, 1.54) is 17.8 Å². The van der Waals surface area contributed by atoms with Gasteiger partial charge in [0.25, 0.3) is 6.43 Å². The van der Waals surface area contributed by atoms with E-state index in [2.05, 4.69) is 4.98 Å². The third-order valence-electron chi connectivity index (χ3n) is 1.86. The molecule has 0 aromatic carbocycles. The minimum Gasteiger partial charge on any atom is -0.335 e. The third-order valence-corrected chi connectivity index (χ3v) is 2.13. The monoisotopic (exact) mass is 209 g/mol. The molecule has 3 nitrogen and oxygen atoms in total. The first-order valence-electron chi connectivity index (χ1n) is 3.61. The van der Waals surface area contributed by atoms with Crippen LogP contribution in [-0.2, 0) is 12.6 Å². The number of halogens is 3. The Balaban J connectivity index is 3.20. The number of nitrogens with zero attached hydrogens (tertiary/aromatic N) is 2. The summed E-state index contributed by atoms with van der Waals surface area (Å²) in [6.45, 7) is 1.22. The van der Waals surface area contributed by atoms with Crippen LogP contribution in [0.15, 0.2) is 6.33 Å². The molecule has 0 fully saturated rings. The van der Waals surface area contributed by atoms with Crippen LogP contribution in [0.1, 0.15) is 12.6 Å². The third kappa shape index (κ3) is 1.66. The van der Waals surface area contributed by atoms with Crippen LogP contribution in [0.4, 0.5) is 8.78 Å². The van der Waals surface area contributed by atoms with Gasteiger partial charge in [0.1, 0.15) is 5.54 Å². The normalized spacial score (nSPS) is 16.2. The van der Waals surface area contributed by atoms with Crippen LogP contribution in [0, 0.1) is 0 Å². The molecule has 0 spiro atoms. The van der Waals surface area contributed by atoms with Gasteiger partial charge in [-0.05, 0) is 6.92 Å². The van der Waals surface area contributed by atoms with Gasteiger partial charge in [-0.2, -0.15) is 0 Å². The number of nitrogens with two attached hydrogens (primary N) is 1. The Labute approximate surface area is 79.5 Å². The molecule has 0 radical (unpaired) electrons. The lowest BCUT2D eigenvalue weighted by molar-refractivity contribution is 0.0586. The zero-order valence-corrected chi connectivity index (χ0v) is 8.02. The lowest BCUT2D eigenvalue weighted by Crippen LogP contribution is -2.42. The van der Waals surface area contributed by atoms with Crippen molar-refractivity contribution in [1.82, 2.24) is 9.55 Å². The van der Waals surface area contributed by atoms with E-state index in [4.69, 9.17) is 17.3 Å².